The molecule has 4 rings (SSSR count). The molecule has 32 heavy (non-hydrogen) atoms. The third-order valence-corrected chi connectivity index (χ3v) is 5.20. The summed E-state index contributed by atoms with van der Waals surface area (Å²) >= 11 is 0. The first-order valence-electron chi connectivity index (χ1n) is 10.2. The van der Waals surface area contributed by atoms with Gasteiger partial charge in [-0.25, -0.2) is 0 Å². The molecule has 0 saturated heterocycles. The van der Waals surface area contributed by atoms with E-state index in [0.717, 1.165) is 22.3 Å². The van der Waals surface area contributed by atoms with Crippen LogP contribution in [-0.4, -0.2) is 20.6 Å². The molecule has 0 atom stereocenters. The van der Waals surface area contributed by atoms with Gasteiger partial charge in [-0.1, -0.05) is 66.7 Å². The van der Waals surface area contributed by atoms with E-state index in [-0.39, 0.29) is 18.0 Å². The number of rotatable bonds is 8. The summed E-state index contributed by atoms with van der Waals surface area (Å²) in [6.07, 6.45) is 3.65. The predicted molar refractivity (Wildman–Crippen MR) is 122 cm³/mol. The van der Waals surface area contributed by atoms with E-state index in [9.17, 15) is 14.9 Å². The quantitative estimate of drug-likeness (QED) is 0.335. The van der Waals surface area contributed by atoms with Gasteiger partial charge in [-0.05, 0) is 28.3 Å². The van der Waals surface area contributed by atoms with Crippen LogP contribution < -0.4 is 5.32 Å². The van der Waals surface area contributed by atoms with Gasteiger partial charge in [0.2, 0.25) is 5.91 Å². The van der Waals surface area contributed by atoms with Crippen LogP contribution in [0.5, 0.6) is 0 Å². The van der Waals surface area contributed by atoms with Crippen molar-refractivity contribution < 1.29 is 9.72 Å². The normalized spacial score (nSPS) is 10.6. The van der Waals surface area contributed by atoms with E-state index >= 15 is 0 Å². The Hall–Kier alpha value is -4.26. The van der Waals surface area contributed by atoms with Gasteiger partial charge >= 0.3 is 0 Å². The molecular formula is C25H22N4O3. The minimum atomic E-state index is -0.464. The zero-order chi connectivity index (χ0) is 22.3. The SMILES string of the molecule is O=C(Cc1ccccc1[N+](=O)[O-])NCc1ccccc1-c1ccc(Cn2cccn2)cc1. The molecule has 7 nitrogen and oxygen atoms in total. The molecule has 0 radical (unpaired) electrons. The molecule has 160 valence electrons. The van der Waals surface area contributed by atoms with Crippen molar-refractivity contribution in [3.63, 3.8) is 0 Å². The Labute approximate surface area is 185 Å². The van der Waals surface area contributed by atoms with Gasteiger partial charge in [-0.2, -0.15) is 5.10 Å². The first kappa shape index (κ1) is 21.0. The van der Waals surface area contributed by atoms with Crippen molar-refractivity contribution in [1.82, 2.24) is 15.1 Å². The maximum atomic E-state index is 12.5. The van der Waals surface area contributed by atoms with Crippen molar-refractivity contribution >= 4 is 11.6 Å². The first-order chi connectivity index (χ1) is 15.6. The third kappa shape index (κ3) is 5.07. The number of nitro groups is 1. The highest BCUT2D eigenvalue weighted by atomic mass is 16.6. The number of carbonyl (C=O) groups excluding carboxylic acids is 1. The van der Waals surface area contributed by atoms with Gasteiger partial charge in [0.25, 0.3) is 5.69 Å². The van der Waals surface area contributed by atoms with E-state index in [4.69, 9.17) is 0 Å². The number of benzene rings is 3. The second-order valence-corrected chi connectivity index (χ2v) is 7.40. The van der Waals surface area contributed by atoms with Gasteiger partial charge in [0.05, 0.1) is 17.9 Å². The molecule has 0 aliphatic carbocycles. The van der Waals surface area contributed by atoms with Crippen LogP contribution in [0.1, 0.15) is 16.7 Å². The van der Waals surface area contributed by atoms with E-state index < -0.39 is 4.92 Å². The summed E-state index contributed by atoms with van der Waals surface area (Å²) in [7, 11) is 0. The average molecular weight is 426 g/mol. The molecule has 4 aromatic rings. The molecule has 1 amide bonds. The highest BCUT2D eigenvalue weighted by Gasteiger charge is 2.15. The molecule has 0 aliphatic rings. The highest BCUT2D eigenvalue weighted by molar-refractivity contribution is 5.80. The predicted octanol–water partition coefficient (Wildman–Crippen LogP) is 4.37. The van der Waals surface area contributed by atoms with Gasteiger partial charge in [0.15, 0.2) is 0 Å². The molecule has 3 aromatic carbocycles. The fraction of sp³-hybridized carbons (Fsp3) is 0.120. The Balaban J connectivity index is 1.44. The maximum absolute atomic E-state index is 12.5. The number of carbonyl (C=O) groups is 1. The average Bonchev–Trinajstić information content (AvgIpc) is 3.32. The Morgan fingerprint density at radius 1 is 0.938 bits per heavy atom. The van der Waals surface area contributed by atoms with Gasteiger partial charge in [-0.15, -0.1) is 0 Å². The molecule has 7 heteroatoms. The Bertz CT molecular complexity index is 1220. The number of nitrogens with one attached hydrogen (secondary N) is 1. The molecule has 0 saturated carbocycles. The van der Waals surface area contributed by atoms with Gasteiger partial charge < -0.3 is 5.32 Å². The minimum Gasteiger partial charge on any atom is -0.352 e. The van der Waals surface area contributed by atoms with Crippen LogP contribution in [0, 0.1) is 10.1 Å². The molecule has 0 spiro atoms. The van der Waals surface area contributed by atoms with Gasteiger partial charge in [0, 0.05) is 30.6 Å². The fourth-order valence-corrected chi connectivity index (χ4v) is 3.59. The minimum absolute atomic E-state index is 0.0402. The summed E-state index contributed by atoms with van der Waals surface area (Å²) in [6.45, 7) is 1.04. The van der Waals surface area contributed by atoms with Gasteiger partial charge in [0.1, 0.15) is 0 Å². The van der Waals surface area contributed by atoms with E-state index in [1.54, 1.807) is 24.4 Å². The van der Waals surface area contributed by atoms with E-state index in [2.05, 4.69) is 34.7 Å². The summed E-state index contributed by atoms with van der Waals surface area (Å²) in [4.78, 5) is 23.2. The molecule has 1 heterocycles. The Morgan fingerprint density at radius 2 is 1.66 bits per heavy atom. The van der Waals surface area contributed by atoms with Crippen LogP contribution >= 0.6 is 0 Å². The monoisotopic (exact) mass is 426 g/mol. The number of nitro benzene ring substituents is 1. The van der Waals surface area contributed by atoms with Crippen LogP contribution in [0.15, 0.2) is 91.3 Å². The lowest BCUT2D eigenvalue weighted by Crippen LogP contribution is -2.25. The number of nitrogens with zero attached hydrogens (tertiary/aromatic N) is 3. The molecule has 0 fully saturated rings. The van der Waals surface area contributed by atoms with Crippen molar-refractivity contribution in [2.24, 2.45) is 0 Å². The van der Waals surface area contributed by atoms with Crippen molar-refractivity contribution in [1.29, 1.82) is 0 Å². The smallest absolute Gasteiger partial charge is 0.273 e. The molecule has 1 N–H and O–H groups in total. The second-order valence-electron chi connectivity index (χ2n) is 7.40. The van der Waals surface area contributed by atoms with Crippen molar-refractivity contribution in [2.75, 3.05) is 0 Å². The van der Waals surface area contributed by atoms with Crippen molar-refractivity contribution in [2.45, 2.75) is 19.5 Å². The summed E-state index contributed by atoms with van der Waals surface area (Å²) < 4.78 is 1.87. The standard InChI is InChI=1S/C25H22N4O3/c30-25(16-21-6-2-4-9-24(21)29(31)32)26-17-22-7-1-3-8-23(22)20-12-10-19(11-13-20)18-28-15-5-14-27-28/h1-15H,16-18H2,(H,26,30). The number of hydrogen-bond acceptors (Lipinski definition) is 4. The number of para-hydroxylation sites is 1. The molecular weight excluding hydrogens is 404 g/mol. The number of amides is 1. The van der Waals surface area contributed by atoms with E-state index in [1.807, 2.05) is 41.2 Å². The maximum Gasteiger partial charge on any atom is 0.273 e. The topological polar surface area (TPSA) is 90.1 Å². The third-order valence-electron chi connectivity index (χ3n) is 5.20. The Kier molecular flexibility index (Phi) is 6.36. The van der Waals surface area contributed by atoms with Crippen LogP contribution in [0.2, 0.25) is 0 Å². The summed E-state index contributed by atoms with van der Waals surface area (Å²) in [6, 6.07) is 24.4. The largest absolute Gasteiger partial charge is 0.352 e. The summed E-state index contributed by atoms with van der Waals surface area (Å²) in [5, 5.41) is 18.3. The molecule has 1 aromatic heterocycles. The van der Waals surface area contributed by atoms with E-state index in [0.29, 0.717) is 18.7 Å². The first-order valence-corrected chi connectivity index (χ1v) is 10.2. The lowest BCUT2D eigenvalue weighted by molar-refractivity contribution is -0.385. The van der Waals surface area contributed by atoms with Crippen LogP contribution in [0.25, 0.3) is 11.1 Å². The zero-order valence-electron chi connectivity index (χ0n) is 17.3. The van der Waals surface area contributed by atoms with Crippen molar-refractivity contribution in [3.05, 3.63) is 118 Å². The van der Waals surface area contributed by atoms with Gasteiger partial charge in [-0.3, -0.25) is 19.6 Å². The van der Waals surface area contributed by atoms with E-state index in [1.165, 1.54) is 6.07 Å². The van der Waals surface area contributed by atoms with Crippen LogP contribution in [0.3, 0.4) is 0 Å². The molecule has 0 unspecified atom stereocenters. The number of hydrogen-bond donors (Lipinski definition) is 1. The lowest BCUT2D eigenvalue weighted by atomic mass is 9.98. The Morgan fingerprint density at radius 3 is 2.38 bits per heavy atom. The van der Waals surface area contributed by atoms with Crippen molar-refractivity contribution in [3.8, 4) is 11.1 Å². The lowest BCUT2D eigenvalue weighted by Gasteiger charge is -2.12. The molecule has 0 bridgehead atoms. The second kappa shape index (κ2) is 9.70. The highest BCUT2D eigenvalue weighted by Crippen LogP contribution is 2.24. The zero-order valence-corrected chi connectivity index (χ0v) is 17.3. The van der Waals surface area contributed by atoms with Crippen LogP contribution in [-0.2, 0) is 24.3 Å². The summed E-state index contributed by atoms with van der Waals surface area (Å²) in [5.74, 6) is -0.260. The number of aromatic nitrogens is 2. The summed E-state index contributed by atoms with van der Waals surface area (Å²) in [5.41, 5.74) is 4.56. The molecule has 0 aliphatic heterocycles. The van der Waals surface area contributed by atoms with Crippen LogP contribution in [0.4, 0.5) is 5.69 Å². The fourth-order valence-electron chi connectivity index (χ4n) is 3.59.